The highest BCUT2D eigenvalue weighted by molar-refractivity contribution is 5.92. The zero-order valence-corrected chi connectivity index (χ0v) is 8.53. The Labute approximate surface area is 87.7 Å². The molecule has 0 aromatic carbocycles. The minimum Gasteiger partial charge on any atom is -0.324 e. The van der Waals surface area contributed by atoms with E-state index < -0.39 is 5.95 Å². The molecule has 0 aliphatic heterocycles. The summed E-state index contributed by atoms with van der Waals surface area (Å²) in [5.74, 6) is 0.0163. The smallest absolute Gasteiger partial charge is 0.227 e. The van der Waals surface area contributed by atoms with E-state index in [0.717, 1.165) is 12.8 Å². The van der Waals surface area contributed by atoms with Crippen LogP contribution in [0.5, 0.6) is 0 Å². The molecule has 0 bridgehead atoms. The van der Waals surface area contributed by atoms with Gasteiger partial charge in [-0.15, -0.1) is 0 Å². The van der Waals surface area contributed by atoms with E-state index in [2.05, 4.69) is 10.3 Å². The molecule has 1 aromatic rings. The number of nitrogens with one attached hydrogen (secondary N) is 1. The summed E-state index contributed by atoms with van der Waals surface area (Å²) in [5, 5.41) is 2.72. The molecule has 3 nitrogen and oxygen atoms in total. The quantitative estimate of drug-likeness (QED) is 0.774. The number of carbonyl (C=O) groups is 1. The van der Waals surface area contributed by atoms with Gasteiger partial charge in [-0.25, -0.2) is 4.98 Å². The van der Waals surface area contributed by atoms with Gasteiger partial charge in [-0.1, -0.05) is 6.92 Å². The van der Waals surface area contributed by atoms with Crippen LogP contribution in [0.15, 0.2) is 18.3 Å². The molecule has 0 spiro atoms. The van der Waals surface area contributed by atoms with Gasteiger partial charge in [-0.05, 0) is 30.9 Å². The van der Waals surface area contributed by atoms with Gasteiger partial charge in [0.15, 0.2) is 0 Å². The lowest BCUT2D eigenvalue weighted by Crippen LogP contribution is -2.21. The van der Waals surface area contributed by atoms with Gasteiger partial charge in [0.25, 0.3) is 0 Å². The van der Waals surface area contributed by atoms with Crippen LogP contribution in [0.1, 0.15) is 19.8 Å². The minimum absolute atomic E-state index is 0.00842. The van der Waals surface area contributed by atoms with Crippen molar-refractivity contribution < 1.29 is 9.18 Å². The maximum atomic E-state index is 12.5. The summed E-state index contributed by atoms with van der Waals surface area (Å²) in [6.45, 7) is 1.92. The number of carbonyl (C=O) groups excluding carboxylic acids is 1. The Hall–Kier alpha value is -1.45. The van der Waals surface area contributed by atoms with Gasteiger partial charge in [0.1, 0.15) is 0 Å². The summed E-state index contributed by atoms with van der Waals surface area (Å²) in [4.78, 5) is 15.1. The molecule has 1 saturated carbocycles. The molecule has 15 heavy (non-hydrogen) atoms. The molecule has 1 aliphatic rings. The van der Waals surface area contributed by atoms with Crippen molar-refractivity contribution in [1.29, 1.82) is 0 Å². The Morgan fingerprint density at radius 2 is 2.33 bits per heavy atom. The molecule has 1 amide bonds. The molecule has 80 valence electrons. The number of amides is 1. The molecule has 1 aromatic heterocycles. The van der Waals surface area contributed by atoms with Crippen molar-refractivity contribution in [3.63, 3.8) is 0 Å². The summed E-state index contributed by atoms with van der Waals surface area (Å²) in [6, 6.07) is 2.75. The number of anilines is 1. The highest BCUT2D eigenvalue weighted by Gasteiger charge is 2.32. The minimum atomic E-state index is -0.539. The first-order valence-electron chi connectivity index (χ1n) is 5.09. The van der Waals surface area contributed by atoms with E-state index in [9.17, 15) is 9.18 Å². The van der Waals surface area contributed by atoms with Gasteiger partial charge in [0, 0.05) is 5.92 Å². The van der Waals surface area contributed by atoms with Crippen molar-refractivity contribution in [2.24, 2.45) is 11.8 Å². The third-order valence-electron chi connectivity index (χ3n) is 2.74. The first kappa shape index (κ1) is 10.1. The predicted molar refractivity (Wildman–Crippen MR) is 54.7 cm³/mol. The normalized spacial score (nSPS) is 17.2. The highest BCUT2D eigenvalue weighted by atomic mass is 19.1. The number of hydrogen-bond acceptors (Lipinski definition) is 2. The van der Waals surface area contributed by atoms with Gasteiger partial charge in [-0.2, -0.15) is 4.39 Å². The van der Waals surface area contributed by atoms with Crippen molar-refractivity contribution >= 4 is 11.6 Å². The SMILES string of the molecule is CC(C(=O)Nc1ccc(F)nc1)C1CC1. The van der Waals surface area contributed by atoms with E-state index in [0.29, 0.717) is 11.6 Å². The first-order valence-corrected chi connectivity index (χ1v) is 5.09. The standard InChI is InChI=1S/C11H13FN2O/c1-7(8-2-3-8)11(15)14-9-4-5-10(12)13-6-9/h4-8H,2-3H2,1H3,(H,14,15). The van der Waals surface area contributed by atoms with Crippen molar-refractivity contribution in [2.45, 2.75) is 19.8 Å². The van der Waals surface area contributed by atoms with Gasteiger partial charge in [-0.3, -0.25) is 4.79 Å². The fourth-order valence-corrected chi connectivity index (χ4v) is 1.52. The second kappa shape index (κ2) is 3.96. The molecule has 1 aliphatic carbocycles. The summed E-state index contributed by atoms with van der Waals surface area (Å²) < 4.78 is 12.5. The monoisotopic (exact) mass is 208 g/mol. The molecule has 1 heterocycles. The van der Waals surface area contributed by atoms with Crippen LogP contribution in [0.2, 0.25) is 0 Å². The summed E-state index contributed by atoms with van der Waals surface area (Å²) in [5.41, 5.74) is 0.550. The van der Waals surface area contributed by atoms with E-state index in [1.54, 1.807) is 0 Å². The van der Waals surface area contributed by atoms with Crippen molar-refractivity contribution in [3.8, 4) is 0 Å². The molecule has 2 rings (SSSR count). The lowest BCUT2D eigenvalue weighted by molar-refractivity contribution is -0.119. The Bertz CT molecular complexity index is 359. The Morgan fingerprint density at radius 3 is 2.87 bits per heavy atom. The lowest BCUT2D eigenvalue weighted by atomic mass is 10.1. The van der Waals surface area contributed by atoms with E-state index in [1.165, 1.54) is 18.3 Å². The Kier molecular flexibility index (Phi) is 2.66. The number of aromatic nitrogens is 1. The molecule has 1 fully saturated rings. The average molecular weight is 208 g/mol. The van der Waals surface area contributed by atoms with Crippen LogP contribution >= 0.6 is 0 Å². The van der Waals surface area contributed by atoms with Crippen LogP contribution in [0.4, 0.5) is 10.1 Å². The summed E-state index contributed by atoms with van der Waals surface area (Å²) in [7, 11) is 0. The zero-order valence-electron chi connectivity index (χ0n) is 8.53. The molecule has 0 saturated heterocycles. The first-order chi connectivity index (χ1) is 7.16. The third kappa shape index (κ3) is 2.52. The zero-order chi connectivity index (χ0) is 10.8. The maximum Gasteiger partial charge on any atom is 0.227 e. The molecular formula is C11H13FN2O. The van der Waals surface area contributed by atoms with Crippen LogP contribution in [0.3, 0.4) is 0 Å². The van der Waals surface area contributed by atoms with Crippen LogP contribution in [0, 0.1) is 17.8 Å². The van der Waals surface area contributed by atoms with E-state index >= 15 is 0 Å². The van der Waals surface area contributed by atoms with E-state index in [-0.39, 0.29) is 11.8 Å². The largest absolute Gasteiger partial charge is 0.324 e. The maximum absolute atomic E-state index is 12.5. The summed E-state index contributed by atoms with van der Waals surface area (Å²) >= 11 is 0. The van der Waals surface area contributed by atoms with Crippen LogP contribution in [-0.2, 0) is 4.79 Å². The van der Waals surface area contributed by atoms with Gasteiger partial charge >= 0.3 is 0 Å². The topological polar surface area (TPSA) is 42.0 Å². The number of rotatable bonds is 3. The number of nitrogens with zero attached hydrogens (tertiary/aromatic N) is 1. The highest BCUT2D eigenvalue weighted by Crippen LogP contribution is 2.36. The van der Waals surface area contributed by atoms with Gasteiger partial charge in [0.2, 0.25) is 11.9 Å². The van der Waals surface area contributed by atoms with E-state index in [1.807, 2.05) is 6.92 Å². The predicted octanol–water partition coefficient (Wildman–Crippen LogP) is 2.21. The molecule has 4 heteroatoms. The van der Waals surface area contributed by atoms with Crippen molar-refractivity contribution in [2.75, 3.05) is 5.32 Å². The second-order valence-corrected chi connectivity index (χ2v) is 3.98. The Morgan fingerprint density at radius 1 is 1.60 bits per heavy atom. The van der Waals surface area contributed by atoms with Gasteiger partial charge < -0.3 is 5.32 Å². The molecule has 1 atom stereocenters. The van der Waals surface area contributed by atoms with Gasteiger partial charge in [0.05, 0.1) is 11.9 Å². The van der Waals surface area contributed by atoms with Crippen molar-refractivity contribution in [3.05, 3.63) is 24.3 Å². The number of halogens is 1. The molecular weight excluding hydrogens is 195 g/mol. The van der Waals surface area contributed by atoms with E-state index in [4.69, 9.17) is 0 Å². The van der Waals surface area contributed by atoms with Crippen LogP contribution in [-0.4, -0.2) is 10.9 Å². The van der Waals surface area contributed by atoms with Crippen LogP contribution in [0.25, 0.3) is 0 Å². The fourth-order valence-electron chi connectivity index (χ4n) is 1.52. The molecule has 0 radical (unpaired) electrons. The average Bonchev–Trinajstić information content (AvgIpc) is 3.04. The third-order valence-corrected chi connectivity index (χ3v) is 2.74. The number of hydrogen-bond donors (Lipinski definition) is 1. The Balaban J connectivity index is 1.95. The number of pyridine rings is 1. The lowest BCUT2D eigenvalue weighted by Gasteiger charge is -2.10. The molecule has 1 N–H and O–H groups in total. The van der Waals surface area contributed by atoms with Crippen molar-refractivity contribution in [1.82, 2.24) is 4.98 Å². The summed E-state index contributed by atoms with van der Waals surface area (Å²) in [6.07, 6.45) is 3.60. The second-order valence-electron chi connectivity index (χ2n) is 3.98. The fraction of sp³-hybridized carbons (Fsp3) is 0.455. The van der Waals surface area contributed by atoms with Crippen LogP contribution < -0.4 is 5.32 Å². The molecule has 1 unspecified atom stereocenters.